The van der Waals surface area contributed by atoms with Crippen molar-refractivity contribution in [1.29, 1.82) is 0 Å². The third-order valence-electron chi connectivity index (χ3n) is 3.84. The Balaban J connectivity index is -0.000000277. The molecule has 228 valence electrons. The van der Waals surface area contributed by atoms with E-state index in [1.807, 2.05) is 13.8 Å². The molecule has 0 rings (SSSR count). The minimum absolute atomic E-state index is 0.0625. The maximum atomic E-state index is 5.58. The molecule has 0 aromatic carbocycles. The standard InChI is InChI=1S/C16H30O5.C7H12O2.C4H6O.C3H6O/c1-5-15(20-11-9-17-7-3)13-19-14-16(6-2)21-12-10-18-8-4;1-4-7(6-8-3)9-5-2;1-3-5-4-2;1-3-4-2/h5-6,15-16H,1-2,7-14H2,3-4H3;4-5,7H,1-2,6H2,3H3;3-4H,1-2H2;3H,1H2,2H3. The summed E-state index contributed by atoms with van der Waals surface area (Å²) in [4.78, 5) is 0. The predicted octanol–water partition coefficient (Wildman–Crippen LogP) is 5.63. The van der Waals surface area contributed by atoms with Gasteiger partial charge in [-0.25, -0.2) is 0 Å². The highest BCUT2D eigenvalue weighted by atomic mass is 16.6. The predicted molar refractivity (Wildman–Crippen MR) is 160 cm³/mol. The van der Waals surface area contributed by atoms with E-state index in [2.05, 4.69) is 55.5 Å². The van der Waals surface area contributed by atoms with Gasteiger partial charge in [0.05, 0.1) is 90.6 Å². The summed E-state index contributed by atoms with van der Waals surface area (Å²) >= 11 is 0. The molecule has 0 saturated heterocycles. The maximum absolute atomic E-state index is 5.58. The van der Waals surface area contributed by atoms with Crippen LogP contribution in [0.25, 0.3) is 0 Å². The summed E-state index contributed by atoms with van der Waals surface area (Å²) in [5, 5.41) is 0. The van der Waals surface area contributed by atoms with Gasteiger partial charge < -0.3 is 42.6 Å². The van der Waals surface area contributed by atoms with E-state index in [0.29, 0.717) is 59.5 Å². The Morgan fingerprint density at radius 2 is 0.974 bits per heavy atom. The van der Waals surface area contributed by atoms with E-state index in [-0.39, 0.29) is 18.3 Å². The van der Waals surface area contributed by atoms with E-state index in [0.717, 1.165) is 0 Å². The molecule has 0 fully saturated rings. The Labute approximate surface area is 238 Å². The first-order chi connectivity index (χ1) is 19.0. The summed E-state index contributed by atoms with van der Waals surface area (Å²) in [5.41, 5.74) is 0. The van der Waals surface area contributed by atoms with Gasteiger partial charge in [0.1, 0.15) is 6.10 Å². The molecule has 0 heterocycles. The van der Waals surface area contributed by atoms with Crippen molar-refractivity contribution in [1.82, 2.24) is 0 Å². The topological polar surface area (TPSA) is 83.1 Å². The van der Waals surface area contributed by atoms with Crippen molar-refractivity contribution >= 4 is 0 Å². The maximum Gasteiger partial charge on any atom is 0.139 e. The summed E-state index contributed by atoms with van der Waals surface area (Å²) in [5.74, 6) is 0. The number of methoxy groups -OCH3 is 2. The molecule has 39 heavy (non-hydrogen) atoms. The van der Waals surface area contributed by atoms with Crippen LogP contribution in [0.3, 0.4) is 0 Å². The molecule has 3 atom stereocenters. The van der Waals surface area contributed by atoms with Gasteiger partial charge in [0.15, 0.2) is 0 Å². The van der Waals surface area contributed by atoms with E-state index < -0.39 is 0 Å². The normalized spacial score (nSPS) is 11.5. The molecule has 9 nitrogen and oxygen atoms in total. The quantitative estimate of drug-likeness (QED) is 0.0850. The Kier molecular flexibility index (Phi) is 47.2. The van der Waals surface area contributed by atoms with Gasteiger partial charge in [-0.2, -0.15) is 0 Å². The van der Waals surface area contributed by atoms with Crippen LogP contribution in [-0.4, -0.2) is 92.0 Å². The summed E-state index contributed by atoms with van der Waals surface area (Å²) in [6.07, 6.45) is 10.2. The molecular formula is C30H54O9. The molecule has 9 heteroatoms. The lowest BCUT2D eigenvalue weighted by Crippen LogP contribution is -2.25. The Morgan fingerprint density at radius 3 is 1.23 bits per heavy atom. The fourth-order valence-corrected chi connectivity index (χ4v) is 1.99. The molecule has 0 aliphatic heterocycles. The second kappa shape index (κ2) is 42.4. The highest BCUT2D eigenvalue weighted by molar-refractivity contribution is 4.82. The van der Waals surface area contributed by atoms with E-state index in [4.69, 9.17) is 33.2 Å². The Hall–Kier alpha value is -2.66. The molecule has 0 aromatic heterocycles. The zero-order valence-corrected chi connectivity index (χ0v) is 24.8. The number of hydrogen-bond acceptors (Lipinski definition) is 9. The van der Waals surface area contributed by atoms with Crippen molar-refractivity contribution < 1.29 is 42.6 Å². The van der Waals surface area contributed by atoms with Gasteiger partial charge in [0.2, 0.25) is 0 Å². The first kappa shape index (κ1) is 43.4. The lowest BCUT2D eigenvalue weighted by Gasteiger charge is -2.17. The van der Waals surface area contributed by atoms with Crippen molar-refractivity contribution in [3.05, 3.63) is 89.3 Å². The van der Waals surface area contributed by atoms with Gasteiger partial charge in [-0.05, 0) is 19.9 Å². The molecule has 0 aromatic rings. The van der Waals surface area contributed by atoms with E-state index in [9.17, 15) is 0 Å². The monoisotopic (exact) mass is 558 g/mol. The molecule has 0 amide bonds. The average molecular weight is 559 g/mol. The van der Waals surface area contributed by atoms with Gasteiger partial charge >= 0.3 is 0 Å². The summed E-state index contributed by atoms with van der Waals surface area (Å²) in [6, 6.07) is 0. The molecule has 0 aliphatic carbocycles. The number of ether oxygens (including phenoxy) is 9. The first-order valence-corrected chi connectivity index (χ1v) is 12.6. The highest BCUT2D eigenvalue weighted by Gasteiger charge is 2.08. The van der Waals surface area contributed by atoms with Crippen molar-refractivity contribution in [2.24, 2.45) is 0 Å². The van der Waals surface area contributed by atoms with Crippen LogP contribution < -0.4 is 0 Å². The van der Waals surface area contributed by atoms with Crippen LogP contribution in [0, 0.1) is 0 Å². The second-order valence-corrected chi connectivity index (χ2v) is 6.63. The van der Waals surface area contributed by atoms with E-state index in [1.165, 1.54) is 25.0 Å². The van der Waals surface area contributed by atoms with Gasteiger partial charge in [0, 0.05) is 20.3 Å². The Morgan fingerprint density at radius 1 is 0.538 bits per heavy atom. The molecule has 0 aliphatic rings. The minimum Gasteiger partial charge on any atom is -0.505 e. The molecular weight excluding hydrogens is 504 g/mol. The average Bonchev–Trinajstić information content (AvgIpc) is 2.96. The van der Waals surface area contributed by atoms with Gasteiger partial charge in [-0.3, -0.25) is 0 Å². The third-order valence-corrected chi connectivity index (χ3v) is 3.84. The lowest BCUT2D eigenvalue weighted by molar-refractivity contribution is -0.0480. The summed E-state index contributed by atoms with van der Waals surface area (Å²) < 4.78 is 45.6. The molecule has 0 N–H and O–H groups in total. The van der Waals surface area contributed by atoms with Gasteiger partial charge in [0.25, 0.3) is 0 Å². The van der Waals surface area contributed by atoms with Crippen molar-refractivity contribution in [3.63, 3.8) is 0 Å². The molecule has 0 bridgehead atoms. The molecule has 0 spiro atoms. The smallest absolute Gasteiger partial charge is 0.139 e. The number of rotatable bonds is 24. The summed E-state index contributed by atoms with van der Waals surface area (Å²) in [6.45, 7) is 33.1. The number of hydrogen-bond donors (Lipinski definition) is 0. The SMILES string of the molecule is C=CC(COCC(C=C)OCCOCC)OCCOCC.C=COC.C=COC(C=C)COC.C=COC=C. The van der Waals surface area contributed by atoms with Crippen molar-refractivity contribution in [2.45, 2.75) is 32.2 Å². The first-order valence-electron chi connectivity index (χ1n) is 12.6. The minimum atomic E-state index is -0.139. The van der Waals surface area contributed by atoms with E-state index >= 15 is 0 Å². The lowest BCUT2D eigenvalue weighted by atomic mass is 10.3. The largest absolute Gasteiger partial charge is 0.505 e. The third kappa shape index (κ3) is 42.7. The summed E-state index contributed by atoms with van der Waals surface area (Å²) in [7, 11) is 3.18. The van der Waals surface area contributed by atoms with Crippen molar-refractivity contribution in [3.8, 4) is 0 Å². The van der Waals surface area contributed by atoms with Crippen LogP contribution in [0.4, 0.5) is 0 Å². The van der Waals surface area contributed by atoms with Crippen LogP contribution in [0.1, 0.15) is 13.8 Å². The molecule has 3 unspecified atom stereocenters. The van der Waals surface area contributed by atoms with Crippen LogP contribution in [0.5, 0.6) is 0 Å². The van der Waals surface area contributed by atoms with Gasteiger partial charge in [-0.1, -0.05) is 45.0 Å². The van der Waals surface area contributed by atoms with Crippen LogP contribution in [0.2, 0.25) is 0 Å². The highest BCUT2D eigenvalue weighted by Crippen LogP contribution is 2.00. The zero-order valence-electron chi connectivity index (χ0n) is 24.8. The molecule has 0 radical (unpaired) electrons. The van der Waals surface area contributed by atoms with Crippen LogP contribution in [0.15, 0.2) is 89.3 Å². The van der Waals surface area contributed by atoms with E-state index in [1.54, 1.807) is 32.4 Å². The second-order valence-electron chi connectivity index (χ2n) is 6.63. The zero-order chi connectivity index (χ0) is 30.4. The van der Waals surface area contributed by atoms with Crippen LogP contribution in [-0.2, 0) is 42.6 Å². The molecule has 0 saturated carbocycles. The fraction of sp³-hybridized carbons (Fsp3) is 0.533. The Bertz CT molecular complexity index is 523. The van der Waals surface area contributed by atoms with Gasteiger partial charge in [-0.15, -0.1) is 13.2 Å². The van der Waals surface area contributed by atoms with Crippen molar-refractivity contribution in [2.75, 3.05) is 73.7 Å². The van der Waals surface area contributed by atoms with Crippen LogP contribution >= 0.6 is 0 Å². The fourth-order valence-electron chi connectivity index (χ4n) is 1.99.